The zero-order valence-electron chi connectivity index (χ0n) is 22.5. The fourth-order valence-corrected chi connectivity index (χ4v) is 5.15. The summed E-state index contributed by atoms with van der Waals surface area (Å²) < 4.78 is 30.8. The molecule has 0 fully saturated rings. The zero-order valence-corrected chi connectivity index (χ0v) is 22.5. The molecule has 8 heteroatoms. The van der Waals surface area contributed by atoms with Crippen LogP contribution in [0.1, 0.15) is 50.8 Å². The molecule has 2 aromatic heterocycles. The first kappa shape index (κ1) is 26.8. The van der Waals surface area contributed by atoms with Crippen LogP contribution in [0.4, 0.5) is 8.78 Å². The Morgan fingerprint density at radius 3 is 2.38 bits per heavy atom. The van der Waals surface area contributed by atoms with Gasteiger partial charge in [-0.25, -0.2) is 18.6 Å². The molecule has 1 amide bonds. The minimum atomic E-state index is -1.03. The number of fused-ring (bicyclic) bond motifs is 2. The second-order valence-electron chi connectivity index (χ2n) is 10.1. The SMILES string of the molecule is C[C@H](NC(=O)c1cc(-c2ccc(F)cc2)cc2cnc(Cc3ccc4ccccc4c3F)n12)c1ccc(C(=O)O)cc1. The molecule has 0 saturated carbocycles. The Morgan fingerprint density at radius 1 is 0.905 bits per heavy atom. The van der Waals surface area contributed by atoms with Crippen molar-refractivity contribution in [1.29, 1.82) is 0 Å². The Kier molecular flexibility index (Phi) is 6.96. The van der Waals surface area contributed by atoms with Crippen molar-refractivity contribution >= 4 is 28.2 Å². The van der Waals surface area contributed by atoms with E-state index in [1.807, 2.05) is 24.3 Å². The average molecular weight is 562 g/mol. The van der Waals surface area contributed by atoms with Gasteiger partial charge in [0.25, 0.3) is 5.91 Å². The van der Waals surface area contributed by atoms with Crippen LogP contribution in [-0.4, -0.2) is 26.4 Å². The molecule has 6 rings (SSSR count). The van der Waals surface area contributed by atoms with E-state index < -0.39 is 17.9 Å². The van der Waals surface area contributed by atoms with Gasteiger partial charge in [-0.05, 0) is 71.0 Å². The predicted octanol–water partition coefficient (Wildman–Crippen LogP) is 7.21. The number of pyridine rings is 1. The van der Waals surface area contributed by atoms with Gasteiger partial charge >= 0.3 is 5.97 Å². The number of nitrogens with zero attached hydrogens (tertiary/aromatic N) is 2. The third-order valence-corrected chi connectivity index (χ3v) is 7.41. The first-order chi connectivity index (χ1) is 20.3. The van der Waals surface area contributed by atoms with E-state index in [4.69, 9.17) is 0 Å². The molecule has 1 atom stereocenters. The van der Waals surface area contributed by atoms with Gasteiger partial charge in [-0.15, -0.1) is 0 Å². The lowest BCUT2D eigenvalue weighted by Crippen LogP contribution is -2.28. The highest BCUT2D eigenvalue weighted by molar-refractivity contribution is 5.95. The number of imidazole rings is 1. The Hall–Kier alpha value is -5.37. The van der Waals surface area contributed by atoms with E-state index in [9.17, 15) is 19.1 Å². The number of hydrogen-bond acceptors (Lipinski definition) is 3. The Morgan fingerprint density at radius 2 is 1.64 bits per heavy atom. The number of carboxylic acid groups (broad SMARTS) is 1. The van der Waals surface area contributed by atoms with Crippen LogP contribution in [0.2, 0.25) is 0 Å². The highest BCUT2D eigenvalue weighted by atomic mass is 19.1. The molecule has 0 radical (unpaired) electrons. The van der Waals surface area contributed by atoms with Crippen molar-refractivity contribution in [3.63, 3.8) is 0 Å². The lowest BCUT2D eigenvalue weighted by atomic mass is 10.0. The standard InChI is InChI=1S/C34H25F2N3O3/c1-20(21-6-9-24(10-7-21)34(41)42)38-33(40)30-17-26(22-12-14-27(35)15-13-22)16-28-19-37-31(39(28)30)18-25-11-8-23-4-2-3-5-29(23)32(25)36/h2-17,19-20H,18H2,1H3,(H,38,40)(H,41,42)/t20-/m0/s1. The van der Waals surface area contributed by atoms with Gasteiger partial charge in [-0.2, -0.15) is 0 Å². The van der Waals surface area contributed by atoms with E-state index in [0.29, 0.717) is 33.4 Å². The van der Waals surface area contributed by atoms with Gasteiger partial charge < -0.3 is 10.4 Å². The first-order valence-electron chi connectivity index (χ1n) is 13.3. The van der Waals surface area contributed by atoms with E-state index in [1.165, 1.54) is 24.3 Å². The van der Waals surface area contributed by atoms with Crippen molar-refractivity contribution in [1.82, 2.24) is 14.7 Å². The topological polar surface area (TPSA) is 83.7 Å². The molecule has 0 spiro atoms. The Bertz CT molecular complexity index is 1970. The first-order valence-corrected chi connectivity index (χ1v) is 13.3. The van der Waals surface area contributed by atoms with Crippen LogP contribution in [-0.2, 0) is 6.42 Å². The lowest BCUT2D eigenvalue weighted by Gasteiger charge is -2.17. The molecule has 42 heavy (non-hydrogen) atoms. The van der Waals surface area contributed by atoms with Crippen LogP contribution in [0.25, 0.3) is 27.4 Å². The summed E-state index contributed by atoms with van der Waals surface area (Å²) >= 11 is 0. The maximum absolute atomic E-state index is 15.5. The number of benzene rings is 4. The maximum Gasteiger partial charge on any atom is 0.335 e. The van der Waals surface area contributed by atoms with Gasteiger partial charge in [0.2, 0.25) is 0 Å². The summed E-state index contributed by atoms with van der Waals surface area (Å²) in [4.78, 5) is 29.6. The molecule has 0 aliphatic carbocycles. The summed E-state index contributed by atoms with van der Waals surface area (Å²) in [5, 5.41) is 13.5. The third-order valence-electron chi connectivity index (χ3n) is 7.41. The van der Waals surface area contributed by atoms with Crippen molar-refractivity contribution in [3.05, 3.63) is 143 Å². The van der Waals surface area contributed by atoms with Crippen LogP contribution in [0.3, 0.4) is 0 Å². The van der Waals surface area contributed by atoms with Crippen LogP contribution in [0, 0.1) is 11.6 Å². The Labute approximate surface area is 239 Å². The number of carbonyl (C=O) groups is 2. The average Bonchev–Trinajstić information content (AvgIpc) is 3.41. The number of amides is 1. The number of carbonyl (C=O) groups excluding carboxylic acids is 1. The monoisotopic (exact) mass is 561 g/mol. The molecule has 0 saturated heterocycles. The van der Waals surface area contributed by atoms with Gasteiger partial charge in [0, 0.05) is 11.8 Å². The number of nitrogens with one attached hydrogen (secondary N) is 1. The summed E-state index contributed by atoms with van der Waals surface area (Å²) in [5.74, 6) is -1.67. The van der Waals surface area contributed by atoms with Crippen molar-refractivity contribution < 1.29 is 23.5 Å². The molecule has 0 aliphatic rings. The second kappa shape index (κ2) is 10.9. The van der Waals surface area contributed by atoms with E-state index >= 15 is 4.39 Å². The molecular formula is C34H25F2N3O3. The van der Waals surface area contributed by atoms with Crippen LogP contribution in [0.15, 0.2) is 103 Å². The second-order valence-corrected chi connectivity index (χ2v) is 10.1. The van der Waals surface area contributed by atoms with Crippen molar-refractivity contribution in [2.24, 2.45) is 0 Å². The summed E-state index contributed by atoms with van der Waals surface area (Å²) in [6, 6.07) is 26.2. The number of carboxylic acids is 1. The quantitative estimate of drug-likeness (QED) is 0.216. The highest BCUT2D eigenvalue weighted by Gasteiger charge is 2.20. The summed E-state index contributed by atoms with van der Waals surface area (Å²) in [7, 11) is 0. The number of halogens is 2. The minimum absolute atomic E-state index is 0.146. The van der Waals surface area contributed by atoms with Crippen molar-refractivity contribution in [3.8, 4) is 11.1 Å². The normalized spacial score (nSPS) is 12.0. The molecule has 2 N–H and O–H groups in total. The molecule has 6 aromatic rings. The van der Waals surface area contributed by atoms with E-state index in [1.54, 1.807) is 66.1 Å². The number of hydrogen-bond donors (Lipinski definition) is 2. The fourth-order valence-electron chi connectivity index (χ4n) is 5.15. The van der Waals surface area contributed by atoms with E-state index in [-0.39, 0.29) is 29.3 Å². The molecule has 0 bridgehead atoms. The van der Waals surface area contributed by atoms with Crippen LogP contribution < -0.4 is 5.32 Å². The largest absolute Gasteiger partial charge is 0.478 e. The number of aromatic carboxylic acids is 1. The lowest BCUT2D eigenvalue weighted by molar-refractivity contribution is 0.0696. The minimum Gasteiger partial charge on any atom is -0.478 e. The van der Waals surface area contributed by atoms with Gasteiger partial charge in [-0.3, -0.25) is 9.20 Å². The van der Waals surface area contributed by atoms with Crippen molar-refractivity contribution in [2.75, 3.05) is 0 Å². The van der Waals surface area contributed by atoms with Gasteiger partial charge in [0.1, 0.15) is 23.2 Å². The third kappa shape index (κ3) is 5.10. The smallest absolute Gasteiger partial charge is 0.335 e. The zero-order chi connectivity index (χ0) is 29.4. The molecule has 0 aliphatic heterocycles. The number of aromatic nitrogens is 2. The molecule has 208 valence electrons. The van der Waals surface area contributed by atoms with E-state index in [0.717, 1.165) is 10.9 Å². The maximum atomic E-state index is 15.5. The fraction of sp³-hybridized carbons (Fsp3) is 0.0882. The molecule has 0 unspecified atom stereocenters. The van der Waals surface area contributed by atoms with Crippen LogP contribution >= 0.6 is 0 Å². The van der Waals surface area contributed by atoms with Crippen LogP contribution in [0.5, 0.6) is 0 Å². The Balaban J connectivity index is 1.41. The molecule has 2 heterocycles. The van der Waals surface area contributed by atoms with Gasteiger partial charge in [0.15, 0.2) is 0 Å². The van der Waals surface area contributed by atoms with E-state index in [2.05, 4.69) is 10.3 Å². The van der Waals surface area contributed by atoms with Crippen molar-refractivity contribution in [2.45, 2.75) is 19.4 Å². The molecule has 4 aromatic carbocycles. The highest BCUT2D eigenvalue weighted by Crippen LogP contribution is 2.28. The van der Waals surface area contributed by atoms with Gasteiger partial charge in [-0.1, -0.05) is 60.7 Å². The summed E-state index contributed by atoms with van der Waals surface area (Å²) in [6.07, 6.45) is 1.78. The summed E-state index contributed by atoms with van der Waals surface area (Å²) in [5.41, 5.74) is 3.62. The van der Waals surface area contributed by atoms with Gasteiger partial charge in [0.05, 0.1) is 23.3 Å². The summed E-state index contributed by atoms with van der Waals surface area (Å²) in [6.45, 7) is 1.80. The molecule has 6 nitrogen and oxygen atoms in total. The predicted molar refractivity (Wildman–Crippen MR) is 157 cm³/mol. The molecular weight excluding hydrogens is 536 g/mol. The number of rotatable bonds is 7.